The SMILES string of the molecule is COc1ccc(C(O)CNCCc2ccc(OC)c(C)c2)cc1. The second-order valence-corrected chi connectivity index (χ2v) is 5.55. The Morgan fingerprint density at radius 3 is 2.39 bits per heavy atom. The summed E-state index contributed by atoms with van der Waals surface area (Å²) in [6.45, 7) is 3.39. The molecular weight excluding hydrogens is 290 g/mol. The summed E-state index contributed by atoms with van der Waals surface area (Å²) in [6, 6.07) is 13.7. The van der Waals surface area contributed by atoms with E-state index in [9.17, 15) is 5.11 Å². The molecule has 2 aromatic rings. The molecule has 2 rings (SSSR count). The molecule has 2 aromatic carbocycles. The molecule has 23 heavy (non-hydrogen) atoms. The predicted octanol–water partition coefficient (Wildman–Crippen LogP) is 2.88. The topological polar surface area (TPSA) is 50.7 Å². The number of aliphatic hydroxyl groups is 1. The van der Waals surface area contributed by atoms with Crippen LogP contribution in [0.3, 0.4) is 0 Å². The lowest BCUT2D eigenvalue weighted by atomic mass is 10.1. The molecule has 1 unspecified atom stereocenters. The Bertz CT molecular complexity index is 611. The summed E-state index contributed by atoms with van der Waals surface area (Å²) in [5, 5.41) is 13.5. The van der Waals surface area contributed by atoms with E-state index in [2.05, 4.69) is 17.4 Å². The molecular formula is C19H25NO3. The normalized spacial score (nSPS) is 12.0. The maximum Gasteiger partial charge on any atom is 0.121 e. The van der Waals surface area contributed by atoms with Crippen molar-refractivity contribution in [3.63, 3.8) is 0 Å². The quantitative estimate of drug-likeness (QED) is 0.736. The van der Waals surface area contributed by atoms with Crippen molar-refractivity contribution in [2.75, 3.05) is 27.3 Å². The summed E-state index contributed by atoms with van der Waals surface area (Å²) in [7, 11) is 3.32. The van der Waals surface area contributed by atoms with Crippen molar-refractivity contribution < 1.29 is 14.6 Å². The molecule has 2 N–H and O–H groups in total. The molecule has 0 spiro atoms. The zero-order chi connectivity index (χ0) is 16.7. The van der Waals surface area contributed by atoms with Crippen LogP contribution in [0.15, 0.2) is 42.5 Å². The molecule has 1 atom stereocenters. The van der Waals surface area contributed by atoms with Gasteiger partial charge in [-0.05, 0) is 54.8 Å². The van der Waals surface area contributed by atoms with Crippen LogP contribution in [0.4, 0.5) is 0 Å². The van der Waals surface area contributed by atoms with Gasteiger partial charge in [0.1, 0.15) is 11.5 Å². The molecule has 0 fully saturated rings. The zero-order valence-corrected chi connectivity index (χ0v) is 14.0. The summed E-state index contributed by atoms with van der Waals surface area (Å²) in [5.74, 6) is 1.71. The third-order valence-electron chi connectivity index (χ3n) is 3.89. The molecule has 0 bridgehead atoms. The number of hydrogen-bond donors (Lipinski definition) is 2. The minimum Gasteiger partial charge on any atom is -0.497 e. The number of benzene rings is 2. The number of nitrogens with one attached hydrogen (secondary N) is 1. The van der Waals surface area contributed by atoms with Crippen molar-refractivity contribution in [1.29, 1.82) is 0 Å². The van der Waals surface area contributed by atoms with E-state index in [0.29, 0.717) is 6.54 Å². The fourth-order valence-electron chi connectivity index (χ4n) is 2.51. The molecule has 0 aliphatic carbocycles. The minimum absolute atomic E-state index is 0.515. The summed E-state index contributed by atoms with van der Waals surface area (Å²) < 4.78 is 10.4. The number of rotatable bonds is 8. The largest absolute Gasteiger partial charge is 0.497 e. The third-order valence-corrected chi connectivity index (χ3v) is 3.89. The average Bonchev–Trinajstić information content (AvgIpc) is 2.58. The second kappa shape index (κ2) is 8.56. The van der Waals surface area contributed by atoms with E-state index >= 15 is 0 Å². The lowest BCUT2D eigenvalue weighted by Crippen LogP contribution is -2.23. The van der Waals surface area contributed by atoms with Gasteiger partial charge < -0.3 is 19.9 Å². The number of aryl methyl sites for hydroxylation is 1. The Balaban J connectivity index is 1.77. The molecule has 0 saturated carbocycles. The molecule has 0 heterocycles. The molecule has 0 radical (unpaired) electrons. The Hall–Kier alpha value is -2.04. The van der Waals surface area contributed by atoms with Gasteiger partial charge in [0.2, 0.25) is 0 Å². The molecule has 0 saturated heterocycles. The zero-order valence-electron chi connectivity index (χ0n) is 14.0. The highest BCUT2D eigenvalue weighted by molar-refractivity contribution is 5.36. The van der Waals surface area contributed by atoms with Crippen molar-refractivity contribution >= 4 is 0 Å². The van der Waals surface area contributed by atoms with Crippen LogP contribution in [0.1, 0.15) is 22.8 Å². The second-order valence-electron chi connectivity index (χ2n) is 5.55. The summed E-state index contributed by atoms with van der Waals surface area (Å²) in [6.07, 6.45) is 0.402. The van der Waals surface area contributed by atoms with Gasteiger partial charge in [0, 0.05) is 6.54 Å². The molecule has 4 nitrogen and oxygen atoms in total. The van der Waals surface area contributed by atoms with Gasteiger partial charge in [-0.3, -0.25) is 0 Å². The highest BCUT2D eigenvalue weighted by Gasteiger charge is 2.07. The van der Waals surface area contributed by atoms with Gasteiger partial charge in [0.25, 0.3) is 0 Å². The van der Waals surface area contributed by atoms with Gasteiger partial charge in [-0.25, -0.2) is 0 Å². The van der Waals surface area contributed by atoms with Gasteiger partial charge in [-0.15, -0.1) is 0 Å². The highest BCUT2D eigenvalue weighted by Crippen LogP contribution is 2.19. The van der Waals surface area contributed by atoms with Crippen LogP contribution >= 0.6 is 0 Å². The highest BCUT2D eigenvalue weighted by atomic mass is 16.5. The molecule has 0 aliphatic rings. The van der Waals surface area contributed by atoms with Crippen LogP contribution in [0.5, 0.6) is 11.5 Å². The average molecular weight is 315 g/mol. The fraction of sp³-hybridized carbons (Fsp3) is 0.368. The van der Waals surface area contributed by atoms with Gasteiger partial charge >= 0.3 is 0 Å². The van der Waals surface area contributed by atoms with Crippen molar-refractivity contribution in [2.24, 2.45) is 0 Å². The van der Waals surface area contributed by atoms with Crippen LogP contribution < -0.4 is 14.8 Å². The number of ether oxygens (including phenoxy) is 2. The molecule has 0 aromatic heterocycles. The van der Waals surface area contributed by atoms with Crippen LogP contribution in [0.25, 0.3) is 0 Å². The van der Waals surface area contributed by atoms with Crippen molar-refractivity contribution in [3.8, 4) is 11.5 Å². The van der Waals surface area contributed by atoms with Crippen LogP contribution in [-0.4, -0.2) is 32.4 Å². The van der Waals surface area contributed by atoms with Crippen molar-refractivity contribution in [2.45, 2.75) is 19.4 Å². The molecule has 124 valence electrons. The van der Waals surface area contributed by atoms with Gasteiger partial charge in [0.15, 0.2) is 0 Å². The van der Waals surface area contributed by atoms with E-state index in [1.54, 1.807) is 14.2 Å². The minimum atomic E-state index is -0.515. The van der Waals surface area contributed by atoms with Gasteiger partial charge in [0.05, 0.1) is 20.3 Å². The fourth-order valence-corrected chi connectivity index (χ4v) is 2.51. The first-order valence-corrected chi connectivity index (χ1v) is 7.80. The first-order valence-electron chi connectivity index (χ1n) is 7.80. The maximum absolute atomic E-state index is 10.2. The van der Waals surface area contributed by atoms with Crippen LogP contribution in [-0.2, 0) is 6.42 Å². The molecule has 0 amide bonds. The van der Waals surface area contributed by atoms with E-state index in [1.807, 2.05) is 37.3 Å². The van der Waals surface area contributed by atoms with Crippen molar-refractivity contribution in [1.82, 2.24) is 5.32 Å². The summed E-state index contributed by atoms with van der Waals surface area (Å²) in [5.41, 5.74) is 3.29. The maximum atomic E-state index is 10.2. The Kier molecular flexibility index (Phi) is 6.44. The Morgan fingerprint density at radius 1 is 1.04 bits per heavy atom. The number of aliphatic hydroxyl groups excluding tert-OH is 1. The summed E-state index contributed by atoms with van der Waals surface area (Å²) >= 11 is 0. The Morgan fingerprint density at radius 2 is 1.78 bits per heavy atom. The predicted molar refractivity (Wildman–Crippen MR) is 92.3 cm³/mol. The molecule has 0 aliphatic heterocycles. The monoisotopic (exact) mass is 315 g/mol. The van der Waals surface area contributed by atoms with E-state index < -0.39 is 6.10 Å². The van der Waals surface area contributed by atoms with E-state index in [-0.39, 0.29) is 0 Å². The van der Waals surface area contributed by atoms with Gasteiger partial charge in [-0.1, -0.05) is 24.3 Å². The first-order chi connectivity index (χ1) is 11.1. The lowest BCUT2D eigenvalue weighted by molar-refractivity contribution is 0.175. The standard InChI is InChI=1S/C19H25NO3/c1-14-12-15(4-9-19(14)23-3)10-11-20-13-18(21)16-5-7-17(22-2)8-6-16/h4-9,12,18,20-21H,10-11,13H2,1-3H3. The third kappa shape index (κ3) is 4.98. The summed E-state index contributed by atoms with van der Waals surface area (Å²) in [4.78, 5) is 0. The van der Waals surface area contributed by atoms with E-state index in [0.717, 1.165) is 35.6 Å². The lowest BCUT2D eigenvalue weighted by Gasteiger charge is -2.13. The van der Waals surface area contributed by atoms with Gasteiger partial charge in [-0.2, -0.15) is 0 Å². The Labute approximate surface area is 138 Å². The first kappa shape index (κ1) is 17.3. The van der Waals surface area contributed by atoms with Crippen molar-refractivity contribution in [3.05, 3.63) is 59.2 Å². The molecule has 4 heteroatoms. The number of methoxy groups -OCH3 is 2. The smallest absolute Gasteiger partial charge is 0.121 e. The van der Waals surface area contributed by atoms with Crippen LogP contribution in [0, 0.1) is 6.92 Å². The van der Waals surface area contributed by atoms with E-state index in [4.69, 9.17) is 9.47 Å². The number of hydrogen-bond acceptors (Lipinski definition) is 4. The van der Waals surface area contributed by atoms with Crippen LogP contribution in [0.2, 0.25) is 0 Å². The van der Waals surface area contributed by atoms with E-state index in [1.165, 1.54) is 5.56 Å².